The van der Waals surface area contributed by atoms with Crippen LogP contribution in [0.2, 0.25) is 0 Å². The summed E-state index contributed by atoms with van der Waals surface area (Å²) in [6.45, 7) is 2.09. The molecule has 1 N–H and O–H groups in total. The molecule has 78 valence electrons. The first kappa shape index (κ1) is 11.5. The second-order valence-corrected chi connectivity index (χ2v) is 3.70. The zero-order chi connectivity index (χ0) is 10.6. The average molecular weight is 263 g/mol. The fourth-order valence-corrected chi connectivity index (χ4v) is 1.48. The molecule has 0 bridgehead atoms. The molecule has 0 aliphatic carbocycles. The van der Waals surface area contributed by atoms with Crippen molar-refractivity contribution < 1.29 is 14.2 Å². The van der Waals surface area contributed by atoms with E-state index in [0.29, 0.717) is 11.1 Å². The maximum Gasteiger partial charge on any atom is 0.171 e. The normalized spacial score (nSPS) is 10.3. The van der Waals surface area contributed by atoms with Gasteiger partial charge in [-0.2, -0.15) is 0 Å². The van der Waals surface area contributed by atoms with Gasteiger partial charge in [0.25, 0.3) is 0 Å². The van der Waals surface area contributed by atoms with Gasteiger partial charge < -0.3 is 9.84 Å². The monoisotopic (exact) mass is 262 g/mol. The molecule has 0 unspecified atom stereocenters. The molecule has 0 aliphatic heterocycles. The molecule has 0 amide bonds. The lowest BCUT2D eigenvalue weighted by Crippen LogP contribution is -2.00. The quantitative estimate of drug-likeness (QED) is 0.905. The molecule has 0 aliphatic rings. The number of aliphatic hydroxyl groups is 1. The Balaban J connectivity index is 2.96. The summed E-state index contributed by atoms with van der Waals surface area (Å²) in [6, 6.07) is 3.22. The van der Waals surface area contributed by atoms with Crippen LogP contribution >= 0.6 is 15.9 Å². The van der Waals surface area contributed by atoms with E-state index in [0.717, 1.165) is 6.42 Å². The highest BCUT2D eigenvalue weighted by Gasteiger charge is 2.11. The van der Waals surface area contributed by atoms with E-state index >= 15 is 0 Å². The molecule has 1 aromatic carbocycles. The molecule has 1 rings (SSSR count). The van der Waals surface area contributed by atoms with Crippen LogP contribution in [0.5, 0.6) is 5.75 Å². The molecule has 0 aromatic heterocycles. The van der Waals surface area contributed by atoms with Gasteiger partial charge in [-0.25, -0.2) is 4.39 Å². The van der Waals surface area contributed by atoms with Crippen LogP contribution in [0.4, 0.5) is 4.39 Å². The van der Waals surface area contributed by atoms with Crippen LogP contribution in [0.25, 0.3) is 0 Å². The van der Waals surface area contributed by atoms with E-state index in [-0.39, 0.29) is 17.9 Å². The van der Waals surface area contributed by atoms with Gasteiger partial charge in [0.05, 0.1) is 13.2 Å². The number of benzene rings is 1. The Labute approximate surface area is 90.8 Å². The predicted molar refractivity (Wildman–Crippen MR) is 55.8 cm³/mol. The van der Waals surface area contributed by atoms with Crippen molar-refractivity contribution in [3.8, 4) is 5.75 Å². The SMILES string of the molecule is CCCOc1ccc(Br)c(CO)c1F. The number of hydrogen-bond donors (Lipinski definition) is 1. The van der Waals surface area contributed by atoms with Gasteiger partial charge in [-0.1, -0.05) is 22.9 Å². The molecule has 4 heteroatoms. The molecule has 1 aromatic rings. The summed E-state index contributed by atoms with van der Waals surface area (Å²) in [5.74, 6) is -0.297. The van der Waals surface area contributed by atoms with E-state index in [9.17, 15) is 4.39 Å². The minimum absolute atomic E-state index is 0.194. The number of halogens is 2. The minimum Gasteiger partial charge on any atom is -0.491 e. The summed E-state index contributed by atoms with van der Waals surface area (Å²) in [5.41, 5.74) is 0.235. The maximum absolute atomic E-state index is 13.5. The van der Waals surface area contributed by atoms with Crippen LogP contribution < -0.4 is 4.74 Å². The first-order valence-corrected chi connectivity index (χ1v) is 5.20. The molecular formula is C10H12BrFO2. The molecule has 0 saturated heterocycles. The van der Waals surface area contributed by atoms with Gasteiger partial charge in [0.15, 0.2) is 11.6 Å². The van der Waals surface area contributed by atoms with E-state index < -0.39 is 5.82 Å². The van der Waals surface area contributed by atoms with Crippen molar-refractivity contribution >= 4 is 15.9 Å². The Kier molecular flexibility index (Phi) is 4.35. The third-order valence-electron chi connectivity index (χ3n) is 1.77. The summed E-state index contributed by atoms with van der Waals surface area (Å²) in [7, 11) is 0. The Hall–Kier alpha value is -0.610. The first-order chi connectivity index (χ1) is 6.70. The van der Waals surface area contributed by atoms with Crippen molar-refractivity contribution in [2.45, 2.75) is 20.0 Å². The summed E-state index contributed by atoms with van der Waals surface area (Å²) in [5, 5.41) is 8.92. The van der Waals surface area contributed by atoms with Gasteiger partial charge in [0.2, 0.25) is 0 Å². The molecule has 0 saturated carbocycles. The van der Waals surface area contributed by atoms with Gasteiger partial charge in [0, 0.05) is 10.0 Å². The van der Waals surface area contributed by atoms with Crippen molar-refractivity contribution in [3.05, 3.63) is 28.0 Å². The van der Waals surface area contributed by atoms with E-state index in [1.807, 2.05) is 6.92 Å². The van der Waals surface area contributed by atoms with Crippen molar-refractivity contribution in [3.63, 3.8) is 0 Å². The topological polar surface area (TPSA) is 29.5 Å². The maximum atomic E-state index is 13.5. The van der Waals surface area contributed by atoms with Crippen LogP contribution in [-0.2, 0) is 6.61 Å². The standard InChI is InChI=1S/C10H12BrFO2/c1-2-5-14-9-4-3-8(11)7(6-13)10(9)12/h3-4,13H,2,5-6H2,1H3. The Morgan fingerprint density at radius 2 is 2.21 bits per heavy atom. The van der Waals surface area contributed by atoms with Crippen molar-refractivity contribution in [1.29, 1.82) is 0 Å². The number of rotatable bonds is 4. The molecule has 0 heterocycles. The third-order valence-corrected chi connectivity index (χ3v) is 2.51. The smallest absolute Gasteiger partial charge is 0.171 e. The third kappa shape index (κ3) is 2.45. The van der Waals surface area contributed by atoms with Crippen molar-refractivity contribution in [1.82, 2.24) is 0 Å². The summed E-state index contributed by atoms with van der Waals surface area (Å²) in [4.78, 5) is 0. The Bertz CT molecular complexity index is 315. The van der Waals surface area contributed by atoms with Gasteiger partial charge in [0.1, 0.15) is 0 Å². The van der Waals surface area contributed by atoms with Crippen LogP contribution in [0.1, 0.15) is 18.9 Å². The highest BCUT2D eigenvalue weighted by Crippen LogP contribution is 2.27. The molecule has 0 spiro atoms. The second-order valence-electron chi connectivity index (χ2n) is 2.84. The molecule has 2 nitrogen and oxygen atoms in total. The highest BCUT2D eigenvalue weighted by atomic mass is 79.9. The van der Waals surface area contributed by atoms with Gasteiger partial charge in [-0.3, -0.25) is 0 Å². The Morgan fingerprint density at radius 1 is 1.50 bits per heavy atom. The van der Waals surface area contributed by atoms with Crippen LogP contribution in [0.3, 0.4) is 0 Å². The van der Waals surface area contributed by atoms with Crippen LogP contribution in [-0.4, -0.2) is 11.7 Å². The van der Waals surface area contributed by atoms with Gasteiger partial charge in [-0.05, 0) is 18.6 Å². The van der Waals surface area contributed by atoms with E-state index in [1.54, 1.807) is 12.1 Å². The zero-order valence-corrected chi connectivity index (χ0v) is 9.47. The Morgan fingerprint density at radius 3 is 2.79 bits per heavy atom. The second kappa shape index (κ2) is 5.32. The van der Waals surface area contributed by atoms with E-state index in [4.69, 9.17) is 9.84 Å². The number of hydrogen-bond acceptors (Lipinski definition) is 2. The molecule has 14 heavy (non-hydrogen) atoms. The lowest BCUT2D eigenvalue weighted by molar-refractivity contribution is 0.265. The largest absolute Gasteiger partial charge is 0.491 e. The van der Waals surface area contributed by atoms with E-state index in [2.05, 4.69) is 15.9 Å². The molecular weight excluding hydrogens is 251 g/mol. The summed E-state index contributed by atoms with van der Waals surface area (Å²) in [6.07, 6.45) is 0.823. The van der Waals surface area contributed by atoms with Gasteiger partial charge >= 0.3 is 0 Å². The zero-order valence-electron chi connectivity index (χ0n) is 7.89. The van der Waals surface area contributed by atoms with Crippen molar-refractivity contribution in [2.24, 2.45) is 0 Å². The van der Waals surface area contributed by atoms with E-state index in [1.165, 1.54) is 0 Å². The van der Waals surface area contributed by atoms with Gasteiger partial charge in [-0.15, -0.1) is 0 Å². The number of ether oxygens (including phenoxy) is 1. The first-order valence-electron chi connectivity index (χ1n) is 4.41. The van der Waals surface area contributed by atoms with Crippen LogP contribution in [0, 0.1) is 5.82 Å². The summed E-state index contributed by atoms with van der Waals surface area (Å²) < 4.78 is 19.3. The predicted octanol–water partition coefficient (Wildman–Crippen LogP) is 2.87. The lowest BCUT2D eigenvalue weighted by Gasteiger charge is -2.09. The van der Waals surface area contributed by atoms with Crippen molar-refractivity contribution in [2.75, 3.05) is 6.61 Å². The fraction of sp³-hybridized carbons (Fsp3) is 0.400. The average Bonchev–Trinajstić information content (AvgIpc) is 2.18. The molecule has 0 radical (unpaired) electrons. The summed E-state index contributed by atoms with van der Waals surface area (Å²) >= 11 is 3.15. The minimum atomic E-state index is -0.490. The fourth-order valence-electron chi connectivity index (χ4n) is 1.04. The van der Waals surface area contributed by atoms with Crippen LogP contribution in [0.15, 0.2) is 16.6 Å². The lowest BCUT2D eigenvalue weighted by atomic mass is 10.2. The molecule has 0 fully saturated rings. The highest BCUT2D eigenvalue weighted by molar-refractivity contribution is 9.10. The molecule has 0 atom stereocenters. The number of aliphatic hydroxyl groups excluding tert-OH is 1.